The molecule has 5 aliphatic rings. The largest absolute Gasteiger partial charge is 0.344 e. The zero-order valence-corrected chi connectivity index (χ0v) is 21.0. The molecule has 4 bridgehead atoms. The highest BCUT2D eigenvalue weighted by Crippen LogP contribution is 2.60. The fourth-order valence-corrected chi connectivity index (χ4v) is 8.17. The summed E-state index contributed by atoms with van der Waals surface area (Å²) >= 11 is 0. The van der Waals surface area contributed by atoms with Crippen molar-refractivity contribution >= 4 is 22.8 Å². The van der Waals surface area contributed by atoms with Gasteiger partial charge in [-0.15, -0.1) is 0 Å². The van der Waals surface area contributed by atoms with E-state index in [0.29, 0.717) is 30.8 Å². The number of rotatable bonds is 5. The molecule has 1 aliphatic heterocycles. The van der Waals surface area contributed by atoms with Gasteiger partial charge >= 0.3 is 5.69 Å². The lowest BCUT2D eigenvalue weighted by Gasteiger charge is -2.56. The molecule has 7 rings (SSSR count). The molecule has 2 aromatic rings. The standard InChI is InChI=1S/C28H38N4O3/c1-17(2)24(30-26(34)28-14-18-11-19(15-28)13-20(12-18)16-28)25(33)31-9-7-21(8-10-31)32-23-6-4-3-5-22(23)29-27(32)35/h3-6,17-21,24H,7-16H2,1-2H3,(H,29,35)(H,30,34). The quantitative estimate of drug-likeness (QED) is 0.684. The van der Waals surface area contributed by atoms with Crippen LogP contribution in [0.15, 0.2) is 29.1 Å². The molecule has 1 atom stereocenters. The van der Waals surface area contributed by atoms with Crippen molar-refractivity contribution in [2.75, 3.05) is 13.1 Å². The number of carbonyl (C=O) groups is 2. The van der Waals surface area contributed by atoms with Crippen LogP contribution in [0.25, 0.3) is 11.0 Å². The third-order valence-corrected chi connectivity index (χ3v) is 9.50. The van der Waals surface area contributed by atoms with E-state index in [1.54, 1.807) is 0 Å². The van der Waals surface area contributed by atoms with Crippen molar-refractivity contribution < 1.29 is 9.59 Å². The number of H-pyrrole nitrogens is 1. The molecule has 1 saturated heterocycles. The molecule has 0 spiro atoms. The number of carbonyl (C=O) groups excluding carboxylic acids is 2. The number of nitrogens with one attached hydrogen (secondary N) is 2. The van der Waals surface area contributed by atoms with Crippen molar-refractivity contribution in [1.29, 1.82) is 0 Å². The highest BCUT2D eigenvalue weighted by Gasteiger charge is 2.55. The Hall–Kier alpha value is -2.57. The molecule has 7 heteroatoms. The molecule has 7 nitrogen and oxygen atoms in total. The average Bonchev–Trinajstić information content (AvgIpc) is 3.16. The Bertz CT molecular complexity index is 1150. The first-order chi connectivity index (χ1) is 16.8. The number of imidazole rings is 1. The van der Waals surface area contributed by atoms with Gasteiger partial charge in [-0.3, -0.25) is 14.2 Å². The third-order valence-electron chi connectivity index (χ3n) is 9.50. The Balaban J connectivity index is 1.13. The SMILES string of the molecule is CC(C)C(NC(=O)C12CC3CC(CC(C3)C1)C2)C(=O)N1CCC(n2c(=O)[nH]c3ccccc32)CC1. The zero-order chi connectivity index (χ0) is 24.3. The number of nitrogens with zero attached hydrogens (tertiary/aromatic N) is 2. The van der Waals surface area contributed by atoms with Gasteiger partial charge in [0.15, 0.2) is 0 Å². The van der Waals surface area contributed by atoms with Gasteiger partial charge in [0.1, 0.15) is 6.04 Å². The molecule has 2 heterocycles. The van der Waals surface area contributed by atoms with Crippen LogP contribution in [0.4, 0.5) is 0 Å². The van der Waals surface area contributed by atoms with E-state index in [0.717, 1.165) is 43.1 Å². The molecule has 4 aliphatic carbocycles. The summed E-state index contributed by atoms with van der Waals surface area (Å²) in [7, 11) is 0. The number of hydrogen-bond donors (Lipinski definition) is 2. The van der Waals surface area contributed by atoms with Crippen molar-refractivity contribution in [1.82, 2.24) is 19.8 Å². The van der Waals surface area contributed by atoms with Crippen LogP contribution in [0.5, 0.6) is 0 Å². The maximum absolute atomic E-state index is 13.6. The van der Waals surface area contributed by atoms with Crippen LogP contribution in [-0.2, 0) is 9.59 Å². The number of likely N-dealkylation sites (tertiary alicyclic amines) is 1. The van der Waals surface area contributed by atoms with Gasteiger partial charge in [0.2, 0.25) is 11.8 Å². The molecule has 0 radical (unpaired) electrons. The van der Waals surface area contributed by atoms with Gasteiger partial charge in [-0.25, -0.2) is 4.79 Å². The molecular formula is C28H38N4O3. The van der Waals surface area contributed by atoms with Gasteiger partial charge in [0.25, 0.3) is 0 Å². The van der Waals surface area contributed by atoms with Crippen LogP contribution in [-0.4, -0.2) is 45.4 Å². The second kappa shape index (κ2) is 8.52. The van der Waals surface area contributed by atoms with E-state index in [4.69, 9.17) is 0 Å². The summed E-state index contributed by atoms with van der Waals surface area (Å²) in [5.74, 6) is 2.30. The summed E-state index contributed by atoms with van der Waals surface area (Å²) in [4.78, 5) is 44.7. The van der Waals surface area contributed by atoms with Crippen molar-refractivity contribution in [3.63, 3.8) is 0 Å². The first-order valence-electron chi connectivity index (χ1n) is 13.6. The Morgan fingerprint density at radius 1 is 1.00 bits per heavy atom. The number of hydrogen-bond acceptors (Lipinski definition) is 3. The lowest BCUT2D eigenvalue weighted by molar-refractivity contribution is -0.151. The number of benzene rings is 1. The minimum Gasteiger partial charge on any atom is -0.344 e. The van der Waals surface area contributed by atoms with E-state index < -0.39 is 6.04 Å². The maximum Gasteiger partial charge on any atom is 0.326 e. The third kappa shape index (κ3) is 3.91. The molecule has 188 valence electrons. The van der Waals surface area contributed by atoms with Crippen LogP contribution in [0, 0.1) is 29.1 Å². The number of para-hydroxylation sites is 2. The molecule has 35 heavy (non-hydrogen) atoms. The van der Waals surface area contributed by atoms with Crippen molar-refractivity contribution in [2.24, 2.45) is 29.1 Å². The summed E-state index contributed by atoms with van der Waals surface area (Å²) < 4.78 is 1.85. The second-order valence-electron chi connectivity index (χ2n) is 12.3. The topological polar surface area (TPSA) is 87.2 Å². The average molecular weight is 479 g/mol. The fourth-order valence-electron chi connectivity index (χ4n) is 8.17. The molecule has 1 unspecified atom stereocenters. The second-order valence-corrected chi connectivity index (χ2v) is 12.3. The van der Waals surface area contributed by atoms with Gasteiger partial charge in [-0.1, -0.05) is 26.0 Å². The Morgan fingerprint density at radius 2 is 1.60 bits per heavy atom. The van der Waals surface area contributed by atoms with Gasteiger partial charge < -0.3 is 15.2 Å². The molecular weight excluding hydrogens is 440 g/mol. The van der Waals surface area contributed by atoms with Gasteiger partial charge in [0, 0.05) is 24.5 Å². The van der Waals surface area contributed by atoms with E-state index in [1.807, 2.05) is 47.6 Å². The van der Waals surface area contributed by atoms with Gasteiger partial charge in [-0.05, 0) is 87.2 Å². The van der Waals surface area contributed by atoms with E-state index in [-0.39, 0.29) is 34.9 Å². The summed E-state index contributed by atoms with van der Waals surface area (Å²) in [6, 6.07) is 7.35. The lowest BCUT2D eigenvalue weighted by atomic mass is 9.49. The summed E-state index contributed by atoms with van der Waals surface area (Å²) in [6.07, 6.45) is 8.40. The van der Waals surface area contributed by atoms with Crippen LogP contribution in [0.3, 0.4) is 0 Å². The summed E-state index contributed by atoms with van der Waals surface area (Å²) in [6.45, 7) is 5.26. The first kappa shape index (κ1) is 22.9. The minimum absolute atomic E-state index is 0.0304. The number of aromatic amines is 1. The fraction of sp³-hybridized carbons (Fsp3) is 0.679. The predicted molar refractivity (Wildman–Crippen MR) is 135 cm³/mol. The predicted octanol–water partition coefficient (Wildman–Crippen LogP) is 3.85. The highest BCUT2D eigenvalue weighted by atomic mass is 16.2. The molecule has 5 fully saturated rings. The lowest BCUT2D eigenvalue weighted by Crippen LogP contribution is -2.59. The monoisotopic (exact) mass is 478 g/mol. The van der Waals surface area contributed by atoms with E-state index in [2.05, 4.69) is 10.3 Å². The Labute approximate surface area is 206 Å². The Kier molecular flexibility index (Phi) is 5.57. The first-order valence-corrected chi connectivity index (χ1v) is 13.6. The molecule has 2 amide bonds. The number of aromatic nitrogens is 2. The molecule has 1 aromatic heterocycles. The van der Waals surface area contributed by atoms with Crippen LogP contribution in [0.2, 0.25) is 0 Å². The normalized spacial score (nSPS) is 31.3. The number of fused-ring (bicyclic) bond motifs is 1. The molecule has 2 N–H and O–H groups in total. The van der Waals surface area contributed by atoms with Crippen LogP contribution in [0.1, 0.15) is 71.3 Å². The van der Waals surface area contributed by atoms with Crippen molar-refractivity contribution in [2.45, 2.75) is 77.3 Å². The number of piperidine rings is 1. The van der Waals surface area contributed by atoms with Crippen molar-refractivity contribution in [3.05, 3.63) is 34.7 Å². The van der Waals surface area contributed by atoms with E-state index in [9.17, 15) is 14.4 Å². The summed E-state index contributed by atoms with van der Waals surface area (Å²) in [5.41, 5.74) is 1.44. The van der Waals surface area contributed by atoms with Crippen LogP contribution < -0.4 is 11.0 Å². The molecule has 1 aromatic carbocycles. The molecule has 4 saturated carbocycles. The van der Waals surface area contributed by atoms with E-state index >= 15 is 0 Å². The van der Waals surface area contributed by atoms with Gasteiger partial charge in [0.05, 0.1) is 11.0 Å². The smallest absolute Gasteiger partial charge is 0.326 e. The zero-order valence-electron chi connectivity index (χ0n) is 21.0. The van der Waals surface area contributed by atoms with E-state index in [1.165, 1.54) is 19.3 Å². The van der Waals surface area contributed by atoms with Crippen LogP contribution >= 0.6 is 0 Å². The minimum atomic E-state index is -0.483. The number of amides is 2. The summed E-state index contributed by atoms with van der Waals surface area (Å²) in [5, 5.41) is 3.25. The van der Waals surface area contributed by atoms with Gasteiger partial charge in [-0.2, -0.15) is 0 Å². The Morgan fingerprint density at radius 3 is 2.20 bits per heavy atom. The highest BCUT2D eigenvalue weighted by molar-refractivity contribution is 5.90. The maximum atomic E-state index is 13.6. The van der Waals surface area contributed by atoms with Crippen molar-refractivity contribution in [3.8, 4) is 0 Å².